The summed E-state index contributed by atoms with van der Waals surface area (Å²) in [5, 5.41) is 6.75. The van der Waals surface area contributed by atoms with E-state index in [1.54, 1.807) is 17.3 Å². The Morgan fingerprint density at radius 2 is 2.07 bits per heavy atom. The molecule has 2 N–H and O–H groups in total. The molecular formula is C22H36IN5O2. The molecule has 1 aromatic rings. The van der Waals surface area contributed by atoms with Crippen LogP contribution in [-0.4, -0.2) is 53.2 Å². The molecule has 8 heteroatoms. The fourth-order valence-electron chi connectivity index (χ4n) is 2.97. The molecule has 2 rings (SSSR count). The van der Waals surface area contributed by atoms with Gasteiger partial charge in [0.15, 0.2) is 5.96 Å². The van der Waals surface area contributed by atoms with Gasteiger partial charge >= 0.3 is 6.09 Å². The molecule has 0 unspecified atom stereocenters. The number of pyridine rings is 1. The molecule has 0 spiro atoms. The van der Waals surface area contributed by atoms with Crippen molar-refractivity contribution in [2.75, 3.05) is 19.6 Å². The Hall–Kier alpha value is -1.84. The van der Waals surface area contributed by atoms with Crippen LogP contribution in [0.25, 0.3) is 0 Å². The Morgan fingerprint density at radius 3 is 2.67 bits per heavy atom. The number of carbonyl (C=O) groups excluding carboxylic acids is 1. The molecule has 1 aromatic heterocycles. The predicted octanol–water partition coefficient (Wildman–Crippen LogP) is 4.10. The number of amides is 1. The van der Waals surface area contributed by atoms with Gasteiger partial charge in [0.25, 0.3) is 0 Å². The van der Waals surface area contributed by atoms with Gasteiger partial charge in [-0.1, -0.05) is 18.2 Å². The number of nitrogens with zero attached hydrogens (tertiary/aromatic N) is 3. The minimum atomic E-state index is -0.528. The molecule has 0 saturated heterocycles. The molecule has 0 atom stereocenters. The molecule has 30 heavy (non-hydrogen) atoms. The van der Waals surface area contributed by atoms with Gasteiger partial charge in [0.1, 0.15) is 5.60 Å². The fraction of sp³-hybridized carbons (Fsp3) is 0.591. The van der Waals surface area contributed by atoms with Crippen LogP contribution in [0.2, 0.25) is 0 Å². The Kier molecular flexibility index (Phi) is 11.8. The van der Waals surface area contributed by atoms with E-state index in [2.05, 4.69) is 39.7 Å². The fourth-order valence-corrected chi connectivity index (χ4v) is 2.97. The highest BCUT2D eigenvalue weighted by Crippen LogP contribution is 2.13. The molecule has 0 radical (unpaired) electrons. The summed E-state index contributed by atoms with van der Waals surface area (Å²) >= 11 is 0. The number of aliphatic imine (C=N–C) groups is 1. The highest BCUT2D eigenvalue weighted by atomic mass is 127. The third-order valence-corrected chi connectivity index (χ3v) is 4.30. The van der Waals surface area contributed by atoms with Gasteiger partial charge < -0.3 is 20.3 Å². The Balaban J connectivity index is 0.00000450. The van der Waals surface area contributed by atoms with Crippen molar-refractivity contribution in [1.29, 1.82) is 0 Å². The first-order valence-corrected chi connectivity index (χ1v) is 10.4. The number of carbonyl (C=O) groups is 1. The second-order valence-corrected chi connectivity index (χ2v) is 8.16. The number of ether oxygens (including phenoxy) is 1. The number of rotatable bonds is 8. The van der Waals surface area contributed by atoms with Gasteiger partial charge in [-0.15, -0.1) is 24.0 Å². The van der Waals surface area contributed by atoms with Crippen LogP contribution in [-0.2, 0) is 11.3 Å². The zero-order valence-corrected chi connectivity index (χ0v) is 20.9. The molecule has 0 saturated carbocycles. The van der Waals surface area contributed by atoms with E-state index in [0.29, 0.717) is 25.7 Å². The summed E-state index contributed by atoms with van der Waals surface area (Å²) in [4.78, 5) is 23.2. The lowest BCUT2D eigenvalue weighted by atomic mass is 10.2. The van der Waals surface area contributed by atoms with E-state index in [9.17, 15) is 4.79 Å². The maximum atomic E-state index is 12.6. The number of aromatic nitrogens is 1. The average Bonchev–Trinajstić information content (AvgIpc) is 3.16. The van der Waals surface area contributed by atoms with Gasteiger partial charge in [-0.3, -0.25) is 9.98 Å². The number of hydrogen-bond acceptors (Lipinski definition) is 4. The van der Waals surface area contributed by atoms with Gasteiger partial charge in [0.05, 0.1) is 6.54 Å². The first kappa shape index (κ1) is 26.2. The molecule has 1 aliphatic carbocycles. The molecule has 7 nitrogen and oxygen atoms in total. The topological polar surface area (TPSA) is 78.9 Å². The number of nitrogens with one attached hydrogen (secondary N) is 2. The Morgan fingerprint density at radius 1 is 1.33 bits per heavy atom. The predicted molar refractivity (Wildman–Crippen MR) is 132 cm³/mol. The van der Waals surface area contributed by atoms with Crippen molar-refractivity contribution >= 4 is 36.0 Å². The summed E-state index contributed by atoms with van der Waals surface area (Å²) < 4.78 is 5.58. The van der Waals surface area contributed by atoms with Crippen molar-refractivity contribution in [3.05, 3.63) is 42.2 Å². The highest BCUT2D eigenvalue weighted by molar-refractivity contribution is 14.0. The normalized spacial score (nSPS) is 14.2. The summed E-state index contributed by atoms with van der Waals surface area (Å²) in [5.41, 5.74) is 0.450. The third-order valence-electron chi connectivity index (χ3n) is 4.30. The maximum absolute atomic E-state index is 12.6. The van der Waals surface area contributed by atoms with Gasteiger partial charge in [-0.05, 0) is 58.6 Å². The molecule has 0 bridgehead atoms. The quantitative estimate of drug-likeness (QED) is 0.174. The summed E-state index contributed by atoms with van der Waals surface area (Å²) in [5.74, 6) is 0.831. The standard InChI is InChI=1S/C22H35N5O2.HI/c1-5-24-20(26-19-11-6-7-12-19)25-14-9-15-27(21(28)29-22(2,3)4)17-18-10-8-13-23-16-18;/h6-8,10,13,16,19H,5,9,11-12,14-15,17H2,1-4H3,(H2,24,25,26);1H. The van der Waals surface area contributed by atoms with E-state index >= 15 is 0 Å². The van der Waals surface area contributed by atoms with Crippen molar-refractivity contribution in [2.24, 2.45) is 4.99 Å². The molecule has 0 aliphatic heterocycles. The molecule has 0 fully saturated rings. The second kappa shape index (κ2) is 13.5. The van der Waals surface area contributed by atoms with Crippen LogP contribution in [0.5, 0.6) is 0 Å². The molecule has 1 amide bonds. The van der Waals surface area contributed by atoms with E-state index in [1.165, 1.54) is 0 Å². The van der Waals surface area contributed by atoms with Crippen molar-refractivity contribution < 1.29 is 9.53 Å². The largest absolute Gasteiger partial charge is 0.444 e. The molecule has 0 aromatic carbocycles. The van der Waals surface area contributed by atoms with Crippen LogP contribution in [0.3, 0.4) is 0 Å². The van der Waals surface area contributed by atoms with Gasteiger partial charge in [0.2, 0.25) is 0 Å². The lowest BCUT2D eigenvalue weighted by Gasteiger charge is -2.27. The van der Waals surface area contributed by atoms with Crippen molar-refractivity contribution in [1.82, 2.24) is 20.5 Å². The van der Waals surface area contributed by atoms with Crippen LogP contribution in [0, 0.1) is 0 Å². The summed E-state index contributed by atoms with van der Waals surface area (Å²) in [6.07, 6.45) is 10.4. The molecule has 1 aliphatic rings. The molecule has 1 heterocycles. The summed E-state index contributed by atoms with van der Waals surface area (Å²) in [6, 6.07) is 4.25. The van der Waals surface area contributed by atoms with Crippen LogP contribution >= 0.6 is 24.0 Å². The first-order valence-electron chi connectivity index (χ1n) is 10.4. The lowest BCUT2D eigenvalue weighted by molar-refractivity contribution is 0.0232. The minimum Gasteiger partial charge on any atom is -0.444 e. The summed E-state index contributed by atoms with van der Waals surface area (Å²) in [6.45, 7) is 10.2. The maximum Gasteiger partial charge on any atom is 0.410 e. The Bertz CT molecular complexity index is 681. The second-order valence-electron chi connectivity index (χ2n) is 8.16. The van der Waals surface area contributed by atoms with Gasteiger partial charge in [0, 0.05) is 38.1 Å². The van der Waals surface area contributed by atoms with E-state index in [-0.39, 0.29) is 30.1 Å². The zero-order chi connectivity index (χ0) is 21.1. The lowest BCUT2D eigenvalue weighted by Crippen LogP contribution is -2.42. The first-order chi connectivity index (χ1) is 13.9. The minimum absolute atomic E-state index is 0. The van der Waals surface area contributed by atoms with E-state index in [0.717, 1.165) is 37.3 Å². The number of guanidine groups is 1. The monoisotopic (exact) mass is 529 g/mol. The SMILES string of the molecule is CCNC(=NCCCN(Cc1cccnc1)C(=O)OC(C)(C)C)NC1CC=CC1.I. The average molecular weight is 529 g/mol. The van der Waals surface area contributed by atoms with Crippen LogP contribution < -0.4 is 10.6 Å². The number of halogens is 1. The molecular weight excluding hydrogens is 493 g/mol. The third kappa shape index (κ3) is 10.3. The van der Waals surface area contributed by atoms with E-state index < -0.39 is 5.60 Å². The van der Waals surface area contributed by atoms with Crippen molar-refractivity contribution in [2.45, 2.75) is 65.1 Å². The smallest absolute Gasteiger partial charge is 0.410 e. The highest BCUT2D eigenvalue weighted by Gasteiger charge is 2.22. The van der Waals surface area contributed by atoms with Crippen molar-refractivity contribution in [3.8, 4) is 0 Å². The Labute approximate surface area is 197 Å². The van der Waals surface area contributed by atoms with Crippen LogP contribution in [0.4, 0.5) is 4.79 Å². The zero-order valence-electron chi connectivity index (χ0n) is 18.6. The number of hydrogen-bond donors (Lipinski definition) is 2. The van der Waals surface area contributed by atoms with E-state index in [4.69, 9.17) is 4.74 Å². The summed E-state index contributed by atoms with van der Waals surface area (Å²) in [7, 11) is 0. The molecule has 168 valence electrons. The van der Waals surface area contributed by atoms with Crippen LogP contribution in [0.15, 0.2) is 41.7 Å². The van der Waals surface area contributed by atoms with E-state index in [1.807, 2.05) is 32.9 Å². The van der Waals surface area contributed by atoms with Gasteiger partial charge in [-0.2, -0.15) is 0 Å². The van der Waals surface area contributed by atoms with Crippen LogP contribution in [0.1, 0.15) is 52.5 Å². The van der Waals surface area contributed by atoms with Gasteiger partial charge in [-0.25, -0.2) is 4.79 Å². The van der Waals surface area contributed by atoms with Crippen molar-refractivity contribution in [3.63, 3.8) is 0 Å².